The molecule has 62 heavy (non-hydrogen) atoms. The van der Waals surface area contributed by atoms with E-state index >= 15 is 0 Å². The zero-order valence-electron chi connectivity index (χ0n) is 33.7. The Morgan fingerprint density at radius 2 is 0.887 bits per heavy atom. The molecule has 0 amide bonds. The Bertz CT molecular complexity index is 3800. The zero-order chi connectivity index (χ0) is 40.5. The largest absolute Gasteiger partial charge is 0.455 e. The van der Waals surface area contributed by atoms with Crippen molar-refractivity contribution in [2.75, 3.05) is 0 Å². The Morgan fingerprint density at radius 1 is 0.306 bits per heavy atom. The summed E-state index contributed by atoms with van der Waals surface area (Å²) in [5.41, 5.74) is 18.8. The van der Waals surface area contributed by atoms with Gasteiger partial charge in [-0.3, -0.25) is 0 Å². The first-order valence-corrected chi connectivity index (χ1v) is 21.6. The molecule has 0 fully saturated rings. The van der Waals surface area contributed by atoms with Gasteiger partial charge >= 0.3 is 0 Å². The van der Waals surface area contributed by atoms with Crippen molar-refractivity contribution in [1.82, 2.24) is 0 Å². The second-order valence-corrected chi connectivity index (χ2v) is 17.0. The normalized spacial score (nSPS) is 13.3. The van der Waals surface area contributed by atoms with E-state index in [-0.39, 0.29) is 0 Å². The third-order valence-electron chi connectivity index (χ3n) is 14.1. The van der Waals surface area contributed by atoms with Crippen LogP contribution in [0.1, 0.15) is 22.3 Å². The highest BCUT2D eigenvalue weighted by atomic mass is 16.3. The molecule has 11 aromatic carbocycles. The summed E-state index contributed by atoms with van der Waals surface area (Å²) in [6, 6.07) is 80.9. The maximum atomic E-state index is 7.11. The molecule has 1 aromatic heterocycles. The lowest BCUT2D eigenvalue weighted by Crippen LogP contribution is -2.26. The molecule has 14 rings (SSSR count). The first-order valence-electron chi connectivity index (χ1n) is 21.6. The Labute approximate surface area is 358 Å². The van der Waals surface area contributed by atoms with Crippen LogP contribution in [0.3, 0.4) is 0 Å². The van der Waals surface area contributed by atoms with Crippen LogP contribution in [-0.4, -0.2) is 0 Å². The number of hydrogen-bond donors (Lipinski definition) is 0. The molecule has 0 saturated heterocycles. The maximum Gasteiger partial charge on any atom is 0.143 e. The van der Waals surface area contributed by atoms with Gasteiger partial charge in [0.15, 0.2) is 0 Å². The standard InChI is InChI=1S/C61H36O/c1-2-15-37(16-3-1)41-33-34-48-51(35-41)44-20-6-7-23-47(44)56-58-54(61(59(48)56)52-26-11-8-21-45(52)46-22-9-12-27-53(46)61)36-50(60-57(58)49-24-10-13-28-55(49)62-60)40-31-29-39(30-32-40)43-25-14-18-38-17-4-5-19-42(38)43/h1-36H. The van der Waals surface area contributed by atoms with E-state index in [0.29, 0.717) is 0 Å². The van der Waals surface area contributed by atoms with Gasteiger partial charge in [0, 0.05) is 16.3 Å². The smallest absolute Gasteiger partial charge is 0.143 e. The quantitative estimate of drug-likeness (QED) is 0.163. The molecule has 1 spiro atoms. The van der Waals surface area contributed by atoms with Crippen molar-refractivity contribution < 1.29 is 4.42 Å². The number of hydrogen-bond acceptors (Lipinski definition) is 1. The van der Waals surface area contributed by atoms with Crippen LogP contribution in [0.4, 0.5) is 0 Å². The summed E-state index contributed by atoms with van der Waals surface area (Å²) in [6.07, 6.45) is 0. The molecule has 0 saturated carbocycles. The monoisotopic (exact) mass is 784 g/mol. The summed E-state index contributed by atoms with van der Waals surface area (Å²) in [4.78, 5) is 0. The van der Waals surface area contributed by atoms with Gasteiger partial charge in [0.2, 0.25) is 0 Å². The minimum absolute atomic E-state index is 0.599. The van der Waals surface area contributed by atoms with Crippen LogP contribution >= 0.6 is 0 Å². The molecule has 0 unspecified atom stereocenters. The molecule has 1 heterocycles. The van der Waals surface area contributed by atoms with E-state index in [0.717, 1.165) is 27.7 Å². The zero-order valence-corrected chi connectivity index (χ0v) is 33.7. The van der Waals surface area contributed by atoms with Crippen LogP contribution in [0.15, 0.2) is 223 Å². The number of para-hydroxylation sites is 1. The van der Waals surface area contributed by atoms with Gasteiger partial charge in [-0.2, -0.15) is 0 Å². The highest BCUT2D eigenvalue weighted by Gasteiger charge is 2.54. The van der Waals surface area contributed by atoms with Crippen molar-refractivity contribution in [3.8, 4) is 55.6 Å². The SMILES string of the molecule is c1ccc(-c2ccc3c4c(c5ccccc5c3c2)-c2c(cc(-c3ccc(-c5cccc6ccccc56)cc3)c3oc5ccccc5c23)C42c3ccccc3-c3ccccc32)cc1. The molecule has 0 aliphatic heterocycles. The van der Waals surface area contributed by atoms with E-state index in [1.54, 1.807) is 0 Å². The van der Waals surface area contributed by atoms with Crippen molar-refractivity contribution in [3.63, 3.8) is 0 Å². The first kappa shape index (κ1) is 33.8. The summed E-state index contributed by atoms with van der Waals surface area (Å²) in [5, 5.41) is 9.89. The van der Waals surface area contributed by atoms with Gasteiger partial charge in [0.25, 0.3) is 0 Å². The molecular formula is C61H36O. The van der Waals surface area contributed by atoms with Crippen LogP contribution in [-0.2, 0) is 5.41 Å². The lowest BCUT2D eigenvalue weighted by atomic mass is 9.68. The van der Waals surface area contributed by atoms with Crippen molar-refractivity contribution >= 4 is 54.3 Å². The van der Waals surface area contributed by atoms with Crippen LogP contribution in [0, 0.1) is 0 Å². The van der Waals surface area contributed by atoms with E-state index in [4.69, 9.17) is 4.42 Å². The molecule has 12 aromatic rings. The number of fused-ring (bicyclic) bond motifs is 20. The molecule has 0 bridgehead atoms. The molecule has 286 valence electrons. The van der Waals surface area contributed by atoms with Gasteiger partial charge in [0.1, 0.15) is 11.2 Å². The highest BCUT2D eigenvalue weighted by Crippen LogP contribution is 2.67. The van der Waals surface area contributed by atoms with Crippen molar-refractivity contribution in [2.45, 2.75) is 5.41 Å². The Kier molecular flexibility index (Phi) is 6.82. The molecule has 0 atom stereocenters. The second-order valence-electron chi connectivity index (χ2n) is 17.0. The summed E-state index contributed by atoms with van der Waals surface area (Å²) >= 11 is 0. The van der Waals surface area contributed by atoms with E-state index in [2.05, 4.69) is 218 Å². The average Bonchev–Trinajstić information content (AvgIpc) is 3.98. The molecule has 2 aliphatic rings. The van der Waals surface area contributed by atoms with Gasteiger partial charge in [-0.25, -0.2) is 0 Å². The summed E-state index contributed by atoms with van der Waals surface area (Å²) in [6.45, 7) is 0. The Balaban J connectivity index is 1.15. The van der Waals surface area contributed by atoms with E-state index < -0.39 is 5.41 Å². The third kappa shape index (κ3) is 4.37. The minimum atomic E-state index is -0.599. The molecule has 2 aliphatic carbocycles. The number of benzene rings is 11. The van der Waals surface area contributed by atoms with Gasteiger partial charge in [-0.15, -0.1) is 0 Å². The second kappa shape index (κ2) is 12.5. The summed E-state index contributed by atoms with van der Waals surface area (Å²) in [7, 11) is 0. The van der Waals surface area contributed by atoms with Gasteiger partial charge in [-0.1, -0.05) is 200 Å². The van der Waals surface area contributed by atoms with E-state index in [1.165, 1.54) is 104 Å². The maximum absolute atomic E-state index is 7.11. The van der Waals surface area contributed by atoms with Crippen LogP contribution < -0.4 is 0 Å². The summed E-state index contributed by atoms with van der Waals surface area (Å²) in [5.74, 6) is 0. The van der Waals surface area contributed by atoms with Crippen LogP contribution in [0.25, 0.3) is 110 Å². The fourth-order valence-electron chi connectivity index (χ4n) is 11.6. The minimum Gasteiger partial charge on any atom is -0.455 e. The van der Waals surface area contributed by atoms with Gasteiger partial charge in [-0.05, 0) is 123 Å². The van der Waals surface area contributed by atoms with Gasteiger partial charge in [0.05, 0.1) is 5.41 Å². The van der Waals surface area contributed by atoms with Crippen molar-refractivity contribution in [2.24, 2.45) is 0 Å². The predicted octanol–water partition coefficient (Wildman–Crippen LogP) is 16.4. The van der Waals surface area contributed by atoms with Crippen molar-refractivity contribution in [3.05, 3.63) is 241 Å². The van der Waals surface area contributed by atoms with E-state index in [9.17, 15) is 0 Å². The van der Waals surface area contributed by atoms with Crippen LogP contribution in [0.2, 0.25) is 0 Å². The van der Waals surface area contributed by atoms with Crippen LogP contribution in [0.5, 0.6) is 0 Å². The first-order chi connectivity index (χ1) is 30.8. The Hall–Kier alpha value is -8.00. The molecule has 1 heteroatoms. The van der Waals surface area contributed by atoms with E-state index in [1.807, 2.05) is 0 Å². The number of rotatable bonds is 3. The third-order valence-corrected chi connectivity index (χ3v) is 14.1. The Morgan fingerprint density at radius 3 is 1.66 bits per heavy atom. The van der Waals surface area contributed by atoms with Gasteiger partial charge < -0.3 is 4.42 Å². The number of furan rings is 1. The van der Waals surface area contributed by atoms with Crippen molar-refractivity contribution in [1.29, 1.82) is 0 Å². The fraction of sp³-hybridized carbons (Fsp3) is 0.0164. The lowest BCUT2D eigenvalue weighted by molar-refractivity contribution is 0.669. The summed E-state index contributed by atoms with van der Waals surface area (Å²) < 4.78 is 7.11. The highest BCUT2D eigenvalue weighted by molar-refractivity contribution is 6.27. The lowest BCUT2D eigenvalue weighted by Gasteiger charge is -2.32. The molecule has 0 radical (unpaired) electrons. The molecule has 0 N–H and O–H groups in total. The fourth-order valence-corrected chi connectivity index (χ4v) is 11.6. The molecular weight excluding hydrogens is 749 g/mol. The topological polar surface area (TPSA) is 13.1 Å². The predicted molar refractivity (Wildman–Crippen MR) is 259 cm³/mol. The molecule has 1 nitrogen and oxygen atoms in total. The average molecular weight is 785 g/mol.